The third-order valence-electron chi connectivity index (χ3n) is 6.53. The number of rotatable bonds is 4. The Morgan fingerprint density at radius 2 is 1.66 bits per heavy atom. The minimum Gasteiger partial charge on any atom is -0.323 e. The standard InChI is InChI=1S/C28H29N3O/c1-18-9-10-21(4)22(12-18)16-31-26-8-6-5-7-25(26)29-28(31)23-15-27(32)30(17-23)24-13-19(2)11-20(3)14-24/h5-14,23H,15-17H2,1-4H3. The Morgan fingerprint density at radius 1 is 0.906 bits per heavy atom. The van der Waals surface area contributed by atoms with Crippen molar-refractivity contribution < 1.29 is 4.79 Å². The lowest BCUT2D eigenvalue weighted by Gasteiger charge is -2.19. The smallest absolute Gasteiger partial charge is 0.227 e. The number of hydrogen-bond donors (Lipinski definition) is 0. The number of carbonyl (C=O) groups excluding carboxylic acids is 1. The molecule has 1 saturated heterocycles. The van der Waals surface area contributed by atoms with E-state index in [0.29, 0.717) is 13.0 Å². The molecule has 1 aliphatic rings. The number of anilines is 1. The maximum atomic E-state index is 13.1. The van der Waals surface area contributed by atoms with Crippen LogP contribution < -0.4 is 4.90 Å². The molecule has 1 amide bonds. The zero-order valence-electron chi connectivity index (χ0n) is 19.2. The zero-order chi connectivity index (χ0) is 22.4. The van der Waals surface area contributed by atoms with Gasteiger partial charge in [-0.15, -0.1) is 0 Å². The number of carbonyl (C=O) groups is 1. The number of aromatic nitrogens is 2. The summed E-state index contributed by atoms with van der Waals surface area (Å²) < 4.78 is 2.32. The molecule has 1 atom stereocenters. The van der Waals surface area contributed by atoms with Gasteiger partial charge >= 0.3 is 0 Å². The number of imidazole rings is 1. The number of para-hydroxylation sites is 2. The number of hydrogen-bond acceptors (Lipinski definition) is 2. The van der Waals surface area contributed by atoms with E-state index in [4.69, 9.17) is 4.98 Å². The molecule has 4 heteroatoms. The normalized spacial score (nSPS) is 16.3. The van der Waals surface area contributed by atoms with Gasteiger partial charge < -0.3 is 9.47 Å². The van der Waals surface area contributed by atoms with Crippen molar-refractivity contribution in [3.05, 3.63) is 94.3 Å². The second-order valence-electron chi connectivity index (χ2n) is 9.23. The fraction of sp³-hybridized carbons (Fsp3) is 0.286. The van der Waals surface area contributed by atoms with Crippen molar-refractivity contribution in [3.63, 3.8) is 0 Å². The van der Waals surface area contributed by atoms with E-state index in [1.54, 1.807) is 0 Å². The summed E-state index contributed by atoms with van der Waals surface area (Å²) in [6, 6.07) is 21.2. The molecule has 0 bridgehead atoms. The van der Waals surface area contributed by atoms with Crippen LogP contribution in [0.3, 0.4) is 0 Å². The van der Waals surface area contributed by atoms with Crippen LogP contribution in [0.5, 0.6) is 0 Å². The van der Waals surface area contributed by atoms with E-state index < -0.39 is 0 Å². The topological polar surface area (TPSA) is 38.1 Å². The van der Waals surface area contributed by atoms with Crippen molar-refractivity contribution in [3.8, 4) is 0 Å². The van der Waals surface area contributed by atoms with Crippen LogP contribution in [0.1, 0.15) is 46.0 Å². The highest BCUT2D eigenvalue weighted by atomic mass is 16.2. The Labute approximate surface area is 189 Å². The number of nitrogens with zero attached hydrogens (tertiary/aromatic N) is 3. The first-order chi connectivity index (χ1) is 15.4. The highest BCUT2D eigenvalue weighted by molar-refractivity contribution is 5.96. The Kier molecular flexibility index (Phi) is 5.09. The van der Waals surface area contributed by atoms with Crippen molar-refractivity contribution in [1.82, 2.24) is 9.55 Å². The monoisotopic (exact) mass is 423 g/mol. The first kappa shape index (κ1) is 20.5. The van der Waals surface area contributed by atoms with Crippen molar-refractivity contribution in [2.45, 2.75) is 46.6 Å². The third-order valence-corrected chi connectivity index (χ3v) is 6.53. The summed E-state index contributed by atoms with van der Waals surface area (Å²) in [7, 11) is 0. The SMILES string of the molecule is Cc1cc(C)cc(N2CC(c3nc4ccccc4n3Cc3cc(C)ccc3C)CC2=O)c1. The van der Waals surface area contributed by atoms with E-state index in [1.807, 2.05) is 11.0 Å². The summed E-state index contributed by atoms with van der Waals surface area (Å²) in [5, 5.41) is 0. The van der Waals surface area contributed by atoms with Crippen LogP contribution in [0, 0.1) is 27.7 Å². The number of aryl methyl sites for hydroxylation is 4. The lowest BCUT2D eigenvalue weighted by molar-refractivity contribution is -0.117. The molecule has 0 radical (unpaired) electrons. The van der Waals surface area contributed by atoms with Gasteiger partial charge in [0.1, 0.15) is 5.82 Å². The Morgan fingerprint density at radius 3 is 2.44 bits per heavy atom. The minimum atomic E-state index is 0.0702. The maximum Gasteiger partial charge on any atom is 0.227 e. The quantitative estimate of drug-likeness (QED) is 0.414. The summed E-state index contributed by atoms with van der Waals surface area (Å²) in [6.45, 7) is 9.88. The fourth-order valence-electron chi connectivity index (χ4n) is 4.95. The van der Waals surface area contributed by atoms with Gasteiger partial charge in [-0.25, -0.2) is 4.98 Å². The van der Waals surface area contributed by atoms with Crippen molar-refractivity contribution >= 4 is 22.6 Å². The number of fused-ring (bicyclic) bond motifs is 1. The summed E-state index contributed by atoms with van der Waals surface area (Å²) in [6.07, 6.45) is 0.489. The molecular formula is C28H29N3O. The summed E-state index contributed by atoms with van der Waals surface area (Å²) >= 11 is 0. The largest absolute Gasteiger partial charge is 0.323 e. The van der Waals surface area contributed by atoms with Gasteiger partial charge in [0.25, 0.3) is 0 Å². The van der Waals surface area contributed by atoms with Crippen LogP contribution in [-0.2, 0) is 11.3 Å². The van der Waals surface area contributed by atoms with E-state index >= 15 is 0 Å². The lowest BCUT2D eigenvalue weighted by Crippen LogP contribution is -2.24. The molecule has 4 nitrogen and oxygen atoms in total. The summed E-state index contributed by atoms with van der Waals surface area (Å²) in [5.41, 5.74) is 9.30. The molecule has 2 heterocycles. The average molecular weight is 424 g/mol. The molecule has 5 rings (SSSR count). The molecule has 0 saturated carbocycles. The average Bonchev–Trinajstić information content (AvgIpc) is 3.31. The zero-order valence-corrected chi connectivity index (χ0v) is 19.2. The summed E-state index contributed by atoms with van der Waals surface area (Å²) in [4.78, 5) is 20.0. The predicted molar refractivity (Wildman–Crippen MR) is 130 cm³/mol. The van der Waals surface area contributed by atoms with Crippen LogP contribution in [0.15, 0.2) is 60.7 Å². The third kappa shape index (κ3) is 3.70. The lowest BCUT2D eigenvalue weighted by atomic mass is 10.0. The molecule has 4 aromatic rings. The van der Waals surface area contributed by atoms with E-state index in [-0.39, 0.29) is 11.8 Å². The minimum absolute atomic E-state index is 0.0702. The molecule has 0 N–H and O–H groups in total. The predicted octanol–water partition coefficient (Wildman–Crippen LogP) is 5.84. The molecule has 1 unspecified atom stereocenters. The van der Waals surface area contributed by atoms with Gasteiger partial charge in [0.15, 0.2) is 0 Å². The molecule has 32 heavy (non-hydrogen) atoms. The molecule has 1 aliphatic heterocycles. The molecule has 1 fully saturated rings. The van der Waals surface area contributed by atoms with Crippen LogP contribution in [0.25, 0.3) is 11.0 Å². The molecule has 0 spiro atoms. The highest BCUT2D eigenvalue weighted by Crippen LogP contribution is 2.34. The van der Waals surface area contributed by atoms with E-state index in [1.165, 1.54) is 27.8 Å². The Hall–Kier alpha value is -3.40. The van der Waals surface area contributed by atoms with Crippen LogP contribution in [0.4, 0.5) is 5.69 Å². The number of amides is 1. The van der Waals surface area contributed by atoms with Gasteiger partial charge in [0.2, 0.25) is 5.91 Å². The molecule has 3 aromatic carbocycles. The molecule has 0 aliphatic carbocycles. The molecule has 162 valence electrons. The first-order valence-corrected chi connectivity index (χ1v) is 11.3. The summed E-state index contributed by atoms with van der Waals surface area (Å²) in [5.74, 6) is 1.25. The molecular weight excluding hydrogens is 394 g/mol. The molecule has 1 aromatic heterocycles. The number of benzene rings is 3. The highest BCUT2D eigenvalue weighted by Gasteiger charge is 2.35. The van der Waals surface area contributed by atoms with Gasteiger partial charge in [-0.05, 0) is 74.2 Å². The van der Waals surface area contributed by atoms with Gasteiger partial charge in [-0.1, -0.05) is 42.0 Å². The Balaban J connectivity index is 1.55. The van der Waals surface area contributed by atoms with Gasteiger partial charge in [0.05, 0.1) is 11.0 Å². The van der Waals surface area contributed by atoms with Crippen LogP contribution in [-0.4, -0.2) is 22.0 Å². The van der Waals surface area contributed by atoms with E-state index in [0.717, 1.165) is 29.1 Å². The van der Waals surface area contributed by atoms with E-state index in [9.17, 15) is 4.79 Å². The maximum absolute atomic E-state index is 13.1. The van der Waals surface area contributed by atoms with Gasteiger partial charge in [-0.2, -0.15) is 0 Å². The van der Waals surface area contributed by atoms with Crippen LogP contribution >= 0.6 is 0 Å². The Bertz CT molecular complexity index is 1310. The van der Waals surface area contributed by atoms with Gasteiger partial charge in [0, 0.05) is 31.1 Å². The fourth-order valence-corrected chi connectivity index (χ4v) is 4.95. The van der Waals surface area contributed by atoms with Crippen molar-refractivity contribution in [2.75, 3.05) is 11.4 Å². The first-order valence-electron chi connectivity index (χ1n) is 11.3. The van der Waals surface area contributed by atoms with Crippen LogP contribution in [0.2, 0.25) is 0 Å². The van der Waals surface area contributed by atoms with Crippen molar-refractivity contribution in [1.29, 1.82) is 0 Å². The van der Waals surface area contributed by atoms with Crippen molar-refractivity contribution in [2.24, 2.45) is 0 Å². The van der Waals surface area contributed by atoms with Gasteiger partial charge in [-0.3, -0.25) is 4.79 Å². The second-order valence-corrected chi connectivity index (χ2v) is 9.23. The second kappa shape index (κ2) is 7.94. The van der Waals surface area contributed by atoms with E-state index in [2.05, 4.69) is 86.9 Å².